The Hall–Kier alpha value is -2.41. The Morgan fingerprint density at radius 2 is 1.45 bits per heavy atom. The van der Waals surface area contributed by atoms with Gasteiger partial charge in [-0.1, -0.05) is 6.92 Å². The summed E-state index contributed by atoms with van der Waals surface area (Å²) in [6.45, 7) is 4.24. The first-order valence-corrected chi connectivity index (χ1v) is 7.05. The van der Waals surface area contributed by atoms with Crippen LogP contribution in [0.3, 0.4) is 0 Å². The maximum absolute atomic E-state index is 12.0. The van der Waals surface area contributed by atoms with Gasteiger partial charge in [-0.05, 0) is 30.8 Å². The minimum Gasteiger partial charge on any atom is -0.358 e. The fraction of sp³-hybridized carbons (Fsp3) is 0.400. The van der Waals surface area contributed by atoms with Crippen molar-refractivity contribution in [3.8, 4) is 0 Å². The molecule has 0 fully saturated rings. The Morgan fingerprint density at radius 3 is 1.91 bits per heavy atom. The molecule has 0 aliphatic carbocycles. The summed E-state index contributed by atoms with van der Waals surface area (Å²) in [6, 6.07) is 6.83. The van der Waals surface area contributed by atoms with Crippen LogP contribution in [0.1, 0.15) is 13.8 Å². The van der Waals surface area contributed by atoms with Gasteiger partial charge in [-0.3, -0.25) is 19.3 Å². The van der Waals surface area contributed by atoms with Crippen molar-refractivity contribution in [1.29, 1.82) is 0 Å². The summed E-state index contributed by atoms with van der Waals surface area (Å²) in [5.41, 5.74) is 1.30. The first kappa shape index (κ1) is 17.6. The minimum absolute atomic E-state index is 0.130. The van der Waals surface area contributed by atoms with Crippen LogP contribution >= 0.6 is 0 Å². The van der Waals surface area contributed by atoms with E-state index in [2.05, 4.69) is 16.0 Å². The van der Waals surface area contributed by atoms with Gasteiger partial charge in [0.05, 0.1) is 13.1 Å². The molecule has 1 aromatic rings. The molecule has 0 unspecified atom stereocenters. The van der Waals surface area contributed by atoms with Crippen molar-refractivity contribution in [3.63, 3.8) is 0 Å². The zero-order valence-electron chi connectivity index (χ0n) is 13.1. The molecule has 22 heavy (non-hydrogen) atoms. The highest BCUT2D eigenvalue weighted by atomic mass is 16.2. The van der Waals surface area contributed by atoms with Crippen LogP contribution in [0.4, 0.5) is 11.4 Å². The van der Waals surface area contributed by atoms with Gasteiger partial charge in [0, 0.05) is 25.3 Å². The van der Waals surface area contributed by atoms with Crippen LogP contribution in [0.5, 0.6) is 0 Å². The van der Waals surface area contributed by atoms with Gasteiger partial charge in [0.25, 0.3) is 0 Å². The lowest BCUT2D eigenvalue weighted by Gasteiger charge is -2.18. The number of carbonyl (C=O) groups excluding carboxylic acids is 3. The van der Waals surface area contributed by atoms with E-state index in [1.54, 1.807) is 36.2 Å². The van der Waals surface area contributed by atoms with Gasteiger partial charge in [0.15, 0.2) is 0 Å². The van der Waals surface area contributed by atoms with Crippen molar-refractivity contribution in [1.82, 2.24) is 10.2 Å². The molecule has 0 radical (unpaired) electrons. The smallest absolute Gasteiger partial charge is 0.238 e. The Morgan fingerprint density at radius 1 is 0.955 bits per heavy atom. The van der Waals surface area contributed by atoms with Crippen LogP contribution < -0.4 is 16.0 Å². The molecule has 0 saturated heterocycles. The van der Waals surface area contributed by atoms with Crippen molar-refractivity contribution in [3.05, 3.63) is 24.3 Å². The number of amides is 3. The molecule has 7 nitrogen and oxygen atoms in total. The molecule has 3 amide bonds. The molecule has 120 valence electrons. The molecule has 0 aromatic heterocycles. The summed E-state index contributed by atoms with van der Waals surface area (Å²) in [6.07, 6.45) is 0. The van der Waals surface area contributed by atoms with Crippen LogP contribution in [-0.2, 0) is 14.4 Å². The predicted molar refractivity (Wildman–Crippen MR) is 85.6 cm³/mol. The zero-order chi connectivity index (χ0) is 16.5. The standard InChI is InChI=1S/C15H22N4O3/c1-4-19(9-14(21)16-3)10-15(22)18-13-7-5-12(6-8-13)17-11(2)20/h5-8H,4,9-10H2,1-3H3,(H,16,21)(H,17,20)(H,18,22). The highest BCUT2D eigenvalue weighted by molar-refractivity contribution is 5.93. The summed E-state index contributed by atoms with van der Waals surface area (Å²) in [5.74, 6) is -0.475. The molecular formula is C15H22N4O3. The first-order chi connectivity index (χ1) is 10.4. The Balaban J connectivity index is 2.53. The molecule has 0 aliphatic rings. The van der Waals surface area contributed by atoms with E-state index in [4.69, 9.17) is 0 Å². The Kier molecular flexibility index (Phi) is 7.04. The first-order valence-electron chi connectivity index (χ1n) is 7.05. The van der Waals surface area contributed by atoms with Crippen LogP contribution in [0.15, 0.2) is 24.3 Å². The quantitative estimate of drug-likeness (QED) is 0.690. The van der Waals surface area contributed by atoms with Gasteiger partial charge in [-0.25, -0.2) is 0 Å². The predicted octanol–water partition coefficient (Wildman–Crippen LogP) is 0.651. The van der Waals surface area contributed by atoms with E-state index >= 15 is 0 Å². The molecular weight excluding hydrogens is 284 g/mol. The van der Waals surface area contributed by atoms with E-state index in [1.165, 1.54) is 6.92 Å². The monoisotopic (exact) mass is 306 g/mol. The van der Waals surface area contributed by atoms with Crippen LogP contribution in [0.25, 0.3) is 0 Å². The average molecular weight is 306 g/mol. The van der Waals surface area contributed by atoms with Crippen LogP contribution in [0, 0.1) is 0 Å². The van der Waals surface area contributed by atoms with Gasteiger partial charge >= 0.3 is 0 Å². The summed E-state index contributed by atoms with van der Waals surface area (Å²) in [5, 5.41) is 7.93. The molecule has 0 heterocycles. The second-order valence-electron chi connectivity index (χ2n) is 4.78. The SMILES string of the molecule is CCN(CC(=O)NC)CC(=O)Nc1ccc(NC(C)=O)cc1. The lowest BCUT2D eigenvalue weighted by Crippen LogP contribution is -2.40. The van der Waals surface area contributed by atoms with Crippen molar-refractivity contribution >= 4 is 29.1 Å². The van der Waals surface area contributed by atoms with Crippen molar-refractivity contribution < 1.29 is 14.4 Å². The zero-order valence-corrected chi connectivity index (χ0v) is 13.1. The summed E-state index contributed by atoms with van der Waals surface area (Å²) in [7, 11) is 1.56. The topological polar surface area (TPSA) is 90.5 Å². The molecule has 1 aromatic carbocycles. The third-order valence-corrected chi connectivity index (χ3v) is 2.95. The van der Waals surface area contributed by atoms with E-state index in [9.17, 15) is 14.4 Å². The van der Waals surface area contributed by atoms with Crippen LogP contribution in [-0.4, -0.2) is 49.3 Å². The number of hydrogen-bond acceptors (Lipinski definition) is 4. The number of nitrogens with one attached hydrogen (secondary N) is 3. The molecule has 0 spiro atoms. The molecule has 0 aliphatic heterocycles. The third-order valence-electron chi connectivity index (χ3n) is 2.95. The maximum atomic E-state index is 12.0. The van der Waals surface area contributed by atoms with Crippen molar-refractivity contribution in [2.24, 2.45) is 0 Å². The maximum Gasteiger partial charge on any atom is 0.238 e. The third kappa shape index (κ3) is 6.36. The fourth-order valence-electron chi connectivity index (χ4n) is 1.81. The molecule has 0 atom stereocenters. The summed E-state index contributed by atoms with van der Waals surface area (Å²) >= 11 is 0. The Labute approximate surface area is 130 Å². The number of nitrogens with zero attached hydrogens (tertiary/aromatic N) is 1. The molecule has 3 N–H and O–H groups in total. The fourth-order valence-corrected chi connectivity index (χ4v) is 1.81. The molecule has 7 heteroatoms. The van der Waals surface area contributed by atoms with E-state index in [-0.39, 0.29) is 30.8 Å². The second-order valence-corrected chi connectivity index (χ2v) is 4.78. The lowest BCUT2D eigenvalue weighted by molar-refractivity contribution is -0.123. The number of carbonyl (C=O) groups is 3. The summed E-state index contributed by atoms with van der Waals surface area (Å²) in [4.78, 5) is 35.9. The minimum atomic E-state index is -0.196. The highest BCUT2D eigenvalue weighted by Crippen LogP contribution is 2.13. The van der Waals surface area contributed by atoms with Gasteiger partial charge in [-0.2, -0.15) is 0 Å². The highest BCUT2D eigenvalue weighted by Gasteiger charge is 2.12. The Bertz CT molecular complexity index is 528. The molecule has 0 saturated carbocycles. The van der Waals surface area contributed by atoms with E-state index in [1.807, 2.05) is 6.92 Å². The van der Waals surface area contributed by atoms with Gasteiger partial charge in [0.1, 0.15) is 0 Å². The summed E-state index contributed by atoms with van der Waals surface area (Å²) < 4.78 is 0. The van der Waals surface area contributed by atoms with Crippen molar-refractivity contribution in [2.75, 3.05) is 37.3 Å². The van der Waals surface area contributed by atoms with Crippen molar-refractivity contribution in [2.45, 2.75) is 13.8 Å². The molecule has 1 rings (SSSR count). The average Bonchev–Trinajstić information content (AvgIpc) is 2.47. The lowest BCUT2D eigenvalue weighted by atomic mass is 10.2. The number of anilines is 2. The number of likely N-dealkylation sites (N-methyl/N-ethyl adjacent to an activating group) is 2. The van der Waals surface area contributed by atoms with Gasteiger partial charge < -0.3 is 16.0 Å². The largest absolute Gasteiger partial charge is 0.358 e. The number of hydrogen-bond donors (Lipinski definition) is 3. The normalized spacial score (nSPS) is 10.2. The number of benzene rings is 1. The number of rotatable bonds is 7. The second kappa shape index (κ2) is 8.78. The van der Waals surface area contributed by atoms with E-state index in [0.29, 0.717) is 17.9 Å². The van der Waals surface area contributed by atoms with Crippen LogP contribution in [0.2, 0.25) is 0 Å². The molecule has 0 bridgehead atoms. The van der Waals surface area contributed by atoms with E-state index in [0.717, 1.165) is 0 Å². The van der Waals surface area contributed by atoms with Gasteiger partial charge in [0.2, 0.25) is 17.7 Å². The van der Waals surface area contributed by atoms with Gasteiger partial charge in [-0.15, -0.1) is 0 Å². The van der Waals surface area contributed by atoms with E-state index < -0.39 is 0 Å².